The molecule has 0 aromatic carbocycles. The maximum atomic E-state index is 11.8. The van der Waals surface area contributed by atoms with E-state index in [2.05, 4.69) is 4.98 Å². The molecule has 0 radical (unpaired) electrons. The second-order valence-electron chi connectivity index (χ2n) is 4.81. The van der Waals surface area contributed by atoms with E-state index in [1.807, 2.05) is 6.92 Å². The van der Waals surface area contributed by atoms with Gasteiger partial charge in [-0.15, -0.1) is 0 Å². The van der Waals surface area contributed by atoms with Gasteiger partial charge in [-0.3, -0.25) is 14.3 Å². The number of nitrogens with one attached hydrogen (secondary N) is 1. The molecule has 1 fully saturated rings. The second kappa shape index (κ2) is 5.07. The highest BCUT2D eigenvalue weighted by Crippen LogP contribution is 2.33. The Kier molecular flexibility index (Phi) is 3.68. The van der Waals surface area contributed by atoms with Crippen LogP contribution in [0.15, 0.2) is 15.8 Å². The number of hydrogen-bond acceptors (Lipinski definition) is 4. The van der Waals surface area contributed by atoms with E-state index in [1.165, 1.54) is 4.57 Å². The molecule has 2 rings (SSSR count). The summed E-state index contributed by atoms with van der Waals surface area (Å²) in [5, 5.41) is 18.9. The van der Waals surface area contributed by atoms with Crippen molar-refractivity contribution in [3.8, 4) is 0 Å². The maximum absolute atomic E-state index is 11.8. The van der Waals surface area contributed by atoms with Crippen LogP contribution in [0.4, 0.5) is 0 Å². The lowest BCUT2D eigenvalue weighted by atomic mass is 10.1. The Morgan fingerprint density at radius 3 is 2.72 bits per heavy atom. The van der Waals surface area contributed by atoms with E-state index in [0.717, 1.165) is 0 Å². The lowest BCUT2D eigenvalue weighted by molar-refractivity contribution is 0.0906. The first-order valence-corrected chi connectivity index (χ1v) is 6.20. The molecule has 1 aliphatic rings. The fourth-order valence-corrected chi connectivity index (χ4v) is 2.55. The number of aliphatic hydroxyl groups is 2. The van der Waals surface area contributed by atoms with Crippen LogP contribution in [-0.2, 0) is 6.42 Å². The molecular formula is C12H18N2O4. The van der Waals surface area contributed by atoms with Crippen LogP contribution in [0.25, 0.3) is 0 Å². The van der Waals surface area contributed by atoms with Gasteiger partial charge in [0.25, 0.3) is 5.56 Å². The van der Waals surface area contributed by atoms with Crippen molar-refractivity contribution >= 4 is 0 Å². The van der Waals surface area contributed by atoms with Crippen LogP contribution in [-0.4, -0.2) is 32.5 Å². The van der Waals surface area contributed by atoms with Crippen LogP contribution in [0.3, 0.4) is 0 Å². The molecule has 100 valence electrons. The third kappa shape index (κ3) is 2.26. The third-order valence-corrected chi connectivity index (χ3v) is 3.68. The Bertz CT molecular complexity index is 534. The van der Waals surface area contributed by atoms with Gasteiger partial charge in [0.05, 0.1) is 6.10 Å². The zero-order chi connectivity index (χ0) is 13.3. The monoisotopic (exact) mass is 254 g/mol. The number of hydrogen-bond donors (Lipinski definition) is 3. The van der Waals surface area contributed by atoms with Crippen LogP contribution >= 0.6 is 0 Å². The Balaban J connectivity index is 2.35. The molecule has 1 heterocycles. The van der Waals surface area contributed by atoms with Gasteiger partial charge in [-0.05, 0) is 19.3 Å². The molecule has 6 nitrogen and oxygen atoms in total. The summed E-state index contributed by atoms with van der Waals surface area (Å²) in [6, 6.07) is -0.160. The number of H-pyrrole nitrogens is 1. The Morgan fingerprint density at radius 1 is 1.44 bits per heavy atom. The minimum Gasteiger partial charge on any atom is -0.396 e. The van der Waals surface area contributed by atoms with Gasteiger partial charge in [-0.1, -0.05) is 6.92 Å². The van der Waals surface area contributed by atoms with Gasteiger partial charge in [0.15, 0.2) is 0 Å². The molecule has 0 saturated heterocycles. The summed E-state index contributed by atoms with van der Waals surface area (Å²) in [5.41, 5.74) is -0.250. The molecule has 1 aromatic rings. The average Bonchev–Trinajstić information content (AvgIpc) is 2.70. The standard InChI is InChI=1S/C12H18N2O4/c1-2-7-5-14(12(18)13-11(7)17)9-3-8(6-15)10(16)4-9/h5,8-10,15-16H,2-4,6H2,1H3,(H,13,17,18). The highest BCUT2D eigenvalue weighted by atomic mass is 16.3. The van der Waals surface area contributed by atoms with Crippen LogP contribution < -0.4 is 11.2 Å². The van der Waals surface area contributed by atoms with E-state index >= 15 is 0 Å². The van der Waals surface area contributed by atoms with E-state index in [0.29, 0.717) is 24.8 Å². The van der Waals surface area contributed by atoms with E-state index in [1.54, 1.807) is 6.20 Å². The maximum Gasteiger partial charge on any atom is 0.328 e. The first-order chi connectivity index (χ1) is 8.56. The summed E-state index contributed by atoms with van der Waals surface area (Å²) in [7, 11) is 0. The molecule has 0 aliphatic heterocycles. The number of aromatic amines is 1. The fourth-order valence-electron chi connectivity index (χ4n) is 2.55. The van der Waals surface area contributed by atoms with E-state index < -0.39 is 11.8 Å². The third-order valence-electron chi connectivity index (χ3n) is 3.68. The van der Waals surface area contributed by atoms with Crippen molar-refractivity contribution in [2.75, 3.05) is 6.61 Å². The Hall–Kier alpha value is -1.40. The number of aromatic nitrogens is 2. The van der Waals surface area contributed by atoms with E-state index in [-0.39, 0.29) is 24.1 Å². The minimum atomic E-state index is -0.594. The highest BCUT2D eigenvalue weighted by molar-refractivity contribution is 5.05. The molecule has 3 N–H and O–H groups in total. The van der Waals surface area contributed by atoms with Crippen molar-refractivity contribution < 1.29 is 10.2 Å². The molecule has 0 spiro atoms. The second-order valence-corrected chi connectivity index (χ2v) is 4.81. The predicted octanol–water partition coefficient (Wildman–Crippen LogP) is -0.597. The van der Waals surface area contributed by atoms with Gasteiger partial charge in [-0.2, -0.15) is 0 Å². The highest BCUT2D eigenvalue weighted by Gasteiger charge is 2.34. The minimum absolute atomic E-state index is 0.0869. The first kappa shape index (κ1) is 13.0. The van der Waals surface area contributed by atoms with Gasteiger partial charge in [0.2, 0.25) is 0 Å². The van der Waals surface area contributed by atoms with Crippen molar-refractivity contribution in [3.63, 3.8) is 0 Å². The molecule has 3 unspecified atom stereocenters. The van der Waals surface area contributed by atoms with E-state index in [9.17, 15) is 14.7 Å². The quantitative estimate of drug-likeness (QED) is 0.671. The molecule has 6 heteroatoms. The lowest BCUT2D eigenvalue weighted by Crippen LogP contribution is -2.33. The predicted molar refractivity (Wildman–Crippen MR) is 65.6 cm³/mol. The molecule has 18 heavy (non-hydrogen) atoms. The number of rotatable bonds is 3. The number of aliphatic hydroxyl groups excluding tert-OH is 2. The summed E-state index contributed by atoms with van der Waals surface area (Å²) in [6.45, 7) is 1.76. The molecule has 3 atom stereocenters. The fraction of sp³-hybridized carbons (Fsp3) is 0.667. The van der Waals surface area contributed by atoms with Crippen molar-refractivity contribution in [2.45, 2.75) is 38.3 Å². The normalized spacial score (nSPS) is 27.6. The first-order valence-electron chi connectivity index (χ1n) is 6.20. The molecule has 1 aliphatic carbocycles. The summed E-state index contributed by atoms with van der Waals surface area (Å²) < 4.78 is 1.47. The zero-order valence-electron chi connectivity index (χ0n) is 10.3. The molecule has 0 amide bonds. The molecule has 1 aromatic heterocycles. The van der Waals surface area contributed by atoms with Gasteiger partial charge < -0.3 is 10.2 Å². The van der Waals surface area contributed by atoms with E-state index in [4.69, 9.17) is 5.11 Å². The van der Waals surface area contributed by atoms with Crippen LogP contribution in [0.5, 0.6) is 0 Å². The van der Waals surface area contributed by atoms with Gasteiger partial charge in [-0.25, -0.2) is 4.79 Å². The lowest BCUT2D eigenvalue weighted by Gasteiger charge is -2.14. The Labute approximate surface area is 104 Å². The van der Waals surface area contributed by atoms with Crippen LogP contribution in [0, 0.1) is 5.92 Å². The zero-order valence-corrected chi connectivity index (χ0v) is 10.3. The van der Waals surface area contributed by atoms with Gasteiger partial charge in [0.1, 0.15) is 0 Å². The summed E-state index contributed by atoms with van der Waals surface area (Å²) in [6.07, 6.45) is 2.50. The molecular weight excluding hydrogens is 236 g/mol. The van der Waals surface area contributed by atoms with Crippen molar-refractivity contribution in [1.82, 2.24) is 9.55 Å². The van der Waals surface area contributed by atoms with Gasteiger partial charge in [0, 0.05) is 30.3 Å². The van der Waals surface area contributed by atoms with Crippen LogP contribution in [0.2, 0.25) is 0 Å². The summed E-state index contributed by atoms with van der Waals surface area (Å²) >= 11 is 0. The summed E-state index contributed by atoms with van der Waals surface area (Å²) in [5.74, 6) is -0.195. The number of nitrogens with zero attached hydrogens (tertiary/aromatic N) is 1. The van der Waals surface area contributed by atoms with Crippen molar-refractivity contribution in [3.05, 3.63) is 32.6 Å². The average molecular weight is 254 g/mol. The Morgan fingerprint density at radius 2 is 2.17 bits per heavy atom. The summed E-state index contributed by atoms with van der Waals surface area (Å²) in [4.78, 5) is 25.5. The molecule has 0 bridgehead atoms. The largest absolute Gasteiger partial charge is 0.396 e. The molecule has 1 saturated carbocycles. The smallest absolute Gasteiger partial charge is 0.328 e. The number of aryl methyl sites for hydroxylation is 1. The topological polar surface area (TPSA) is 95.3 Å². The van der Waals surface area contributed by atoms with Crippen molar-refractivity contribution in [1.29, 1.82) is 0 Å². The van der Waals surface area contributed by atoms with Crippen LogP contribution in [0.1, 0.15) is 31.4 Å². The van der Waals surface area contributed by atoms with Crippen molar-refractivity contribution in [2.24, 2.45) is 5.92 Å². The van der Waals surface area contributed by atoms with Gasteiger partial charge >= 0.3 is 5.69 Å². The SMILES string of the molecule is CCc1cn(C2CC(O)C(CO)C2)c(=O)[nH]c1=O.